The minimum atomic E-state index is -0.234. The Labute approximate surface area is 103 Å². The average molecular weight is 251 g/mol. The Morgan fingerprint density at radius 2 is 2.18 bits per heavy atom. The Kier molecular flexibility index (Phi) is 3.51. The molecule has 0 fully saturated rings. The molecule has 1 atom stereocenters. The number of nitrogens with one attached hydrogen (secondary N) is 1. The second-order valence-corrected chi connectivity index (χ2v) is 5.15. The zero-order valence-corrected chi connectivity index (χ0v) is 10.5. The summed E-state index contributed by atoms with van der Waals surface area (Å²) in [5, 5.41) is 0.986. The lowest BCUT2D eigenvalue weighted by atomic mass is 10.0. The van der Waals surface area contributed by atoms with Gasteiger partial charge in [-0.25, -0.2) is 14.8 Å². The largest absolute Gasteiger partial charge is 0.271 e. The fraction of sp³-hybridized carbons (Fsp3) is 0.250. The van der Waals surface area contributed by atoms with Gasteiger partial charge in [0.15, 0.2) is 0 Å². The van der Waals surface area contributed by atoms with Crippen LogP contribution in [0.1, 0.15) is 27.1 Å². The van der Waals surface area contributed by atoms with E-state index in [1.165, 1.54) is 12.1 Å². The van der Waals surface area contributed by atoms with Gasteiger partial charge in [-0.15, -0.1) is 11.3 Å². The van der Waals surface area contributed by atoms with Crippen molar-refractivity contribution in [3.05, 3.63) is 51.2 Å². The fourth-order valence-corrected chi connectivity index (χ4v) is 2.66. The van der Waals surface area contributed by atoms with E-state index in [4.69, 9.17) is 5.84 Å². The summed E-state index contributed by atoms with van der Waals surface area (Å²) in [7, 11) is 0. The zero-order chi connectivity index (χ0) is 12.4. The molecule has 0 bridgehead atoms. The Morgan fingerprint density at radius 3 is 2.71 bits per heavy atom. The molecule has 0 saturated heterocycles. The van der Waals surface area contributed by atoms with Crippen molar-refractivity contribution >= 4 is 11.3 Å². The van der Waals surface area contributed by atoms with Crippen LogP contribution in [0.15, 0.2) is 24.4 Å². The van der Waals surface area contributed by atoms with Crippen molar-refractivity contribution in [3.63, 3.8) is 0 Å². The topological polar surface area (TPSA) is 50.9 Å². The quantitative estimate of drug-likeness (QED) is 0.651. The summed E-state index contributed by atoms with van der Waals surface area (Å²) in [6, 6.07) is 4.57. The number of aryl methyl sites for hydroxylation is 2. The van der Waals surface area contributed by atoms with Crippen LogP contribution in [-0.2, 0) is 0 Å². The molecule has 1 aromatic heterocycles. The van der Waals surface area contributed by atoms with Gasteiger partial charge in [-0.1, -0.05) is 6.07 Å². The number of nitrogens with zero attached hydrogens (tertiary/aromatic N) is 1. The number of nitrogens with two attached hydrogens (primary N) is 1. The van der Waals surface area contributed by atoms with Crippen LogP contribution in [0, 0.1) is 19.7 Å². The molecule has 3 N–H and O–H groups in total. The lowest BCUT2D eigenvalue weighted by Gasteiger charge is -2.16. The molecule has 0 spiro atoms. The Morgan fingerprint density at radius 1 is 1.41 bits per heavy atom. The summed E-state index contributed by atoms with van der Waals surface area (Å²) < 4.78 is 13.1. The molecule has 0 saturated carbocycles. The van der Waals surface area contributed by atoms with Crippen LogP contribution in [0.5, 0.6) is 0 Å². The fourth-order valence-electron chi connectivity index (χ4n) is 1.80. The number of rotatable bonds is 3. The summed E-state index contributed by atoms with van der Waals surface area (Å²) in [5.74, 6) is 5.35. The third-order valence-electron chi connectivity index (χ3n) is 2.63. The van der Waals surface area contributed by atoms with E-state index in [0.29, 0.717) is 0 Å². The molecule has 2 rings (SSSR count). The first kappa shape index (κ1) is 12.2. The van der Waals surface area contributed by atoms with Gasteiger partial charge in [0, 0.05) is 11.1 Å². The van der Waals surface area contributed by atoms with Crippen molar-refractivity contribution in [2.24, 2.45) is 5.84 Å². The minimum absolute atomic E-state index is 0.137. The van der Waals surface area contributed by atoms with E-state index in [1.807, 2.05) is 13.8 Å². The molecule has 0 aliphatic rings. The highest BCUT2D eigenvalue weighted by Crippen LogP contribution is 2.28. The van der Waals surface area contributed by atoms with Gasteiger partial charge in [-0.3, -0.25) is 5.84 Å². The number of hydrazine groups is 1. The van der Waals surface area contributed by atoms with E-state index < -0.39 is 0 Å². The van der Waals surface area contributed by atoms with Gasteiger partial charge in [-0.2, -0.15) is 0 Å². The van der Waals surface area contributed by atoms with Crippen LogP contribution < -0.4 is 11.3 Å². The molecule has 0 aliphatic carbocycles. The van der Waals surface area contributed by atoms with E-state index in [0.717, 1.165) is 21.0 Å². The van der Waals surface area contributed by atoms with Crippen LogP contribution in [0.25, 0.3) is 0 Å². The second-order valence-electron chi connectivity index (χ2n) is 3.88. The summed E-state index contributed by atoms with van der Waals surface area (Å²) in [4.78, 5) is 5.23. The Hall–Kier alpha value is -1.30. The van der Waals surface area contributed by atoms with Gasteiger partial charge in [-0.05, 0) is 37.1 Å². The van der Waals surface area contributed by atoms with Crippen molar-refractivity contribution in [3.8, 4) is 0 Å². The maximum atomic E-state index is 13.1. The van der Waals surface area contributed by atoms with Crippen LogP contribution in [0.2, 0.25) is 0 Å². The van der Waals surface area contributed by atoms with Gasteiger partial charge >= 0.3 is 0 Å². The number of hydrogen-bond donors (Lipinski definition) is 2. The Bertz CT molecular complexity index is 524. The first-order valence-electron chi connectivity index (χ1n) is 5.26. The zero-order valence-electron chi connectivity index (χ0n) is 9.70. The summed E-state index contributed by atoms with van der Waals surface area (Å²) in [6.45, 7) is 3.82. The molecule has 1 unspecified atom stereocenters. The van der Waals surface area contributed by atoms with Crippen molar-refractivity contribution in [1.29, 1.82) is 0 Å². The van der Waals surface area contributed by atoms with E-state index in [1.54, 1.807) is 23.6 Å². The molecule has 0 amide bonds. The van der Waals surface area contributed by atoms with Gasteiger partial charge in [0.1, 0.15) is 5.82 Å². The molecule has 3 nitrogen and oxygen atoms in total. The minimum Gasteiger partial charge on any atom is -0.271 e. The molecule has 17 heavy (non-hydrogen) atoms. The first-order chi connectivity index (χ1) is 8.11. The standard InChI is InChI=1S/C12H14FN3S/c1-7-5-9(13)3-4-10(7)12(16-14)11-6-15-8(2)17-11/h3-6,12,16H,14H2,1-2H3. The van der Waals surface area contributed by atoms with Gasteiger partial charge in [0.05, 0.1) is 11.0 Å². The van der Waals surface area contributed by atoms with E-state index in [-0.39, 0.29) is 11.9 Å². The summed E-state index contributed by atoms with van der Waals surface area (Å²) in [5.41, 5.74) is 4.60. The summed E-state index contributed by atoms with van der Waals surface area (Å²) >= 11 is 1.58. The van der Waals surface area contributed by atoms with E-state index in [9.17, 15) is 4.39 Å². The smallest absolute Gasteiger partial charge is 0.123 e. The molecule has 0 aliphatic heterocycles. The predicted octanol–water partition coefficient (Wildman–Crippen LogP) is 2.45. The monoisotopic (exact) mass is 251 g/mol. The maximum absolute atomic E-state index is 13.1. The third kappa shape index (κ3) is 2.52. The number of halogens is 1. The SMILES string of the molecule is Cc1ncc(C(NN)c2ccc(F)cc2C)s1. The van der Waals surface area contributed by atoms with E-state index in [2.05, 4.69) is 10.4 Å². The lowest BCUT2D eigenvalue weighted by Crippen LogP contribution is -2.28. The van der Waals surface area contributed by atoms with Crippen LogP contribution in [0.3, 0.4) is 0 Å². The number of hydrogen-bond acceptors (Lipinski definition) is 4. The highest BCUT2D eigenvalue weighted by atomic mass is 32.1. The van der Waals surface area contributed by atoms with Crippen LogP contribution >= 0.6 is 11.3 Å². The van der Waals surface area contributed by atoms with Gasteiger partial charge in [0.2, 0.25) is 0 Å². The molecular weight excluding hydrogens is 237 g/mol. The average Bonchev–Trinajstić information content (AvgIpc) is 2.69. The van der Waals surface area contributed by atoms with Crippen LogP contribution in [0.4, 0.5) is 4.39 Å². The normalized spacial score (nSPS) is 12.7. The summed E-state index contributed by atoms with van der Waals surface area (Å²) in [6.07, 6.45) is 1.80. The predicted molar refractivity (Wildman–Crippen MR) is 67.2 cm³/mol. The molecule has 90 valence electrons. The van der Waals surface area contributed by atoms with Crippen molar-refractivity contribution in [2.75, 3.05) is 0 Å². The number of thiazole rings is 1. The van der Waals surface area contributed by atoms with Crippen LogP contribution in [-0.4, -0.2) is 4.98 Å². The maximum Gasteiger partial charge on any atom is 0.123 e. The molecular formula is C12H14FN3S. The van der Waals surface area contributed by atoms with Gasteiger partial charge < -0.3 is 0 Å². The Balaban J connectivity index is 2.42. The molecule has 1 heterocycles. The highest BCUT2D eigenvalue weighted by Gasteiger charge is 2.17. The molecule has 5 heteroatoms. The van der Waals surface area contributed by atoms with Crippen molar-refractivity contribution < 1.29 is 4.39 Å². The van der Waals surface area contributed by atoms with Crippen molar-refractivity contribution in [1.82, 2.24) is 10.4 Å². The third-order valence-corrected chi connectivity index (χ3v) is 3.61. The number of benzene rings is 1. The van der Waals surface area contributed by atoms with Gasteiger partial charge in [0.25, 0.3) is 0 Å². The lowest BCUT2D eigenvalue weighted by molar-refractivity contribution is 0.615. The highest BCUT2D eigenvalue weighted by molar-refractivity contribution is 7.11. The molecule has 1 aromatic carbocycles. The first-order valence-corrected chi connectivity index (χ1v) is 6.08. The number of aromatic nitrogens is 1. The molecule has 0 radical (unpaired) electrons. The second kappa shape index (κ2) is 4.91. The molecule has 2 aromatic rings. The van der Waals surface area contributed by atoms with E-state index >= 15 is 0 Å². The van der Waals surface area contributed by atoms with Crippen molar-refractivity contribution in [2.45, 2.75) is 19.9 Å².